The fourth-order valence-electron chi connectivity index (χ4n) is 2.06. The summed E-state index contributed by atoms with van der Waals surface area (Å²) in [5, 5.41) is 8.05. The second-order valence-electron chi connectivity index (χ2n) is 4.81. The zero-order valence-corrected chi connectivity index (χ0v) is 12.4. The van der Waals surface area contributed by atoms with Gasteiger partial charge >= 0.3 is 0 Å². The summed E-state index contributed by atoms with van der Waals surface area (Å²) in [6.45, 7) is 7.46. The molecular weight excluding hydrogens is 226 g/mol. The predicted molar refractivity (Wildman–Crippen MR) is 74.8 cm³/mol. The number of aromatic nitrogens is 2. The molecule has 104 valence electrons. The van der Waals surface area contributed by atoms with Gasteiger partial charge in [0, 0.05) is 32.3 Å². The monoisotopic (exact) mass is 253 g/mol. The van der Waals surface area contributed by atoms with Crippen molar-refractivity contribution in [3.8, 4) is 0 Å². The molecule has 0 saturated heterocycles. The number of aryl methyl sites for hydroxylation is 2. The molecule has 0 aliphatic heterocycles. The van der Waals surface area contributed by atoms with Crippen LogP contribution in [0.15, 0.2) is 6.07 Å². The van der Waals surface area contributed by atoms with Gasteiger partial charge in [-0.2, -0.15) is 5.10 Å². The van der Waals surface area contributed by atoms with Crippen molar-refractivity contribution in [2.75, 3.05) is 13.7 Å². The van der Waals surface area contributed by atoms with E-state index in [2.05, 4.69) is 37.3 Å². The zero-order valence-electron chi connectivity index (χ0n) is 12.4. The third-order valence-electron chi connectivity index (χ3n) is 3.41. The molecule has 1 aromatic heterocycles. The lowest BCUT2D eigenvalue weighted by atomic mass is 10.1. The zero-order chi connectivity index (χ0) is 13.5. The molecule has 1 aromatic rings. The van der Waals surface area contributed by atoms with E-state index in [-0.39, 0.29) is 6.10 Å². The van der Waals surface area contributed by atoms with E-state index in [1.54, 1.807) is 7.11 Å². The molecule has 18 heavy (non-hydrogen) atoms. The molecule has 1 rings (SSSR count). The Kier molecular flexibility index (Phi) is 6.36. The molecule has 0 radical (unpaired) electrons. The van der Waals surface area contributed by atoms with Crippen molar-refractivity contribution in [3.63, 3.8) is 0 Å². The van der Waals surface area contributed by atoms with E-state index in [9.17, 15) is 0 Å². The SMILES string of the molecule is CCCNC(Cc1cc(CC)nn1C)C(C)OC. The van der Waals surface area contributed by atoms with Gasteiger partial charge in [0.1, 0.15) is 0 Å². The first-order valence-corrected chi connectivity index (χ1v) is 6.90. The maximum Gasteiger partial charge on any atom is 0.0699 e. The van der Waals surface area contributed by atoms with Crippen molar-refractivity contribution < 1.29 is 4.74 Å². The summed E-state index contributed by atoms with van der Waals surface area (Å²) in [5.74, 6) is 0. The molecular formula is C14H27N3O. The lowest BCUT2D eigenvalue weighted by Gasteiger charge is -2.24. The van der Waals surface area contributed by atoms with Crippen molar-refractivity contribution in [3.05, 3.63) is 17.5 Å². The van der Waals surface area contributed by atoms with Gasteiger partial charge < -0.3 is 10.1 Å². The quantitative estimate of drug-likeness (QED) is 0.769. The molecule has 0 bridgehead atoms. The molecule has 1 N–H and O–H groups in total. The standard InChI is InChI=1S/C14H27N3O/c1-6-8-15-14(11(3)18-5)10-13-9-12(7-2)16-17(13)4/h9,11,14-15H,6-8,10H2,1-5H3. The molecule has 2 atom stereocenters. The van der Waals surface area contributed by atoms with Gasteiger partial charge in [0.15, 0.2) is 0 Å². The third kappa shape index (κ3) is 4.10. The van der Waals surface area contributed by atoms with Crippen LogP contribution < -0.4 is 5.32 Å². The highest BCUT2D eigenvalue weighted by atomic mass is 16.5. The van der Waals surface area contributed by atoms with E-state index in [0.29, 0.717) is 6.04 Å². The molecule has 4 nitrogen and oxygen atoms in total. The first-order chi connectivity index (χ1) is 8.62. The van der Waals surface area contributed by atoms with Gasteiger partial charge in [-0.1, -0.05) is 13.8 Å². The average molecular weight is 253 g/mol. The highest BCUT2D eigenvalue weighted by Gasteiger charge is 2.18. The second kappa shape index (κ2) is 7.54. The fraction of sp³-hybridized carbons (Fsp3) is 0.786. The molecule has 0 spiro atoms. The highest BCUT2D eigenvalue weighted by Crippen LogP contribution is 2.10. The van der Waals surface area contributed by atoms with E-state index in [0.717, 1.165) is 31.5 Å². The summed E-state index contributed by atoms with van der Waals surface area (Å²) in [5.41, 5.74) is 2.43. The summed E-state index contributed by atoms with van der Waals surface area (Å²) in [7, 11) is 3.79. The van der Waals surface area contributed by atoms with Crippen LogP contribution in [0.5, 0.6) is 0 Å². The van der Waals surface area contributed by atoms with Gasteiger partial charge in [-0.3, -0.25) is 4.68 Å². The molecule has 2 unspecified atom stereocenters. The number of ether oxygens (including phenoxy) is 1. The van der Waals surface area contributed by atoms with Crippen LogP contribution in [0.3, 0.4) is 0 Å². The fourth-order valence-corrected chi connectivity index (χ4v) is 2.06. The maximum atomic E-state index is 5.46. The van der Waals surface area contributed by atoms with E-state index in [1.165, 1.54) is 5.69 Å². The van der Waals surface area contributed by atoms with Gasteiger partial charge in [-0.05, 0) is 32.4 Å². The molecule has 0 amide bonds. The van der Waals surface area contributed by atoms with Crippen LogP contribution in [0.4, 0.5) is 0 Å². The summed E-state index contributed by atoms with van der Waals surface area (Å²) in [6, 6.07) is 2.54. The Balaban J connectivity index is 2.71. The van der Waals surface area contributed by atoms with Crippen LogP contribution in [0.1, 0.15) is 38.6 Å². The van der Waals surface area contributed by atoms with E-state index < -0.39 is 0 Å². The van der Waals surface area contributed by atoms with E-state index >= 15 is 0 Å². The number of rotatable bonds is 8. The Bertz CT molecular complexity index is 349. The van der Waals surface area contributed by atoms with Crippen molar-refractivity contribution in [1.82, 2.24) is 15.1 Å². The maximum absolute atomic E-state index is 5.46. The van der Waals surface area contributed by atoms with Crippen LogP contribution in [-0.2, 0) is 24.6 Å². The predicted octanol–water partition coefficient (Wildman–Crippen LogP) is 1.93. The smallest absolute Gasteiger partial charge is 0.0699 e. The molecule has 0 fully saturated rings. The Labute approximate surface area is 111 Å². The Morgan fingerprint density at radius 3 is 2.67 bits per heavy atom. The normalized spacial score (nSPS) is 14.7. The van der Waals surface area contributed by atoms with Crippen LogP contribution in [0.25, 0.3) is 0 Å². The lowest BCUT2D eigenvalue weighted by molar-refractivity contribution is 0.0824. The number of hydrogen-bond donors (Lipinski definition) is 1. The largest absolute Gasteiger partial charge is 0.380 e. The van der Waals surface area contributed by atoms with Gasteiger partial charge in [0.25, 0.3) is 0 Å². The third-order valence-corrected chi connectivity index (χ3v) is 3.41. The minimum absolute atomic E-state index is 0.205. The first kappa shape index (κ1) is 15.2. The lowest BCUT2D eigenvalue weighted by Crippen LogP contribution is -2.41. The van der Waals surface area contributed by atoms with Gasteiger partial charge in [-0.25, -0.2) is 0 Å². The average Bonchev–Trinajstić information content (AvgIpc) is 2.74. The summed E-state index contributed by atoms with van der Waals surface area (Å²) in [6.07, 6.45) is 3.29. The molecule has 0 aromatic carbocycles. The summed E-state index contributed by atoms with van der Waals surface area (Å²) < 4.78 is 7.45. The first-order valence-electron chi connectivity index (χ1n) is 6.90. The van der Waals surface area contributed by atoms with Crippen LogP contribution in [0, 0.1) is 0 Å². The van der Waals surface area contributed by atoms with Crippen molar-refractivity contribution in [1.29, 1.82) is 0 Å². The van der Waals surface area contributed by atoms with Gasteiger partial charge in [0.2, 0.25) is 0 Å². The van der Waals surface area contributed by atoms with Crippen LogP contribution >= 0.6 is 0 Å². The Morgan fingerprint density at radius 2 is 2.17 bits per heavy atom. The van der Waals surface area contributed by atoms with Crippen molar-refractivity contribution in [2.45, 2.75) is 52.2 Å². The summed E-state index contributed by atoms with van der Waals surface area (Å²) >= 11 is 0. The molecule has 0 aliphatic carbocycles. The van der Waals surface area contributed by atoms with Gasteiger partial charge in [-0.15, -0.1) is 0 Å². The highest BCUT2D eigenvalue weighted by molar-refractivity contribution is 5.12. The Morgan fingerprint density at radius 1 is 1.44 bits per heavy atom. The molecule has 4 heteroatoms. The van der Waals surface area contributed by atoms with Crippen molar-refractivity contribution in [2.24, 2.45) is 7.05 Å². The van der Waals surface area contributed by atoms with Crippen LogP contribution in [-0.4, -0.2) is 35.6 Å². The minimum Gasteiger partial charge on any atom is -0.380 e. The molecule has 1 heterocycles. The number of methoxy groups -OCH3 is 1. The number of nitrogens with zero attached hydrogens (tertiary/aromatic N) is 2. The molecule has 0 saturated carbocycles. The van der Waals surface area contributed by atoms with E-state index in [4.69, 9.17) is 4.74 Å². The Hall–Kier alpha value is -0.870. The van der Waals surface area contributed by atoms with Gasteiger partial charge in [0.05, 0.1) is 11.8 Å². The van der Waals surface area contributed by atoms with Crippen LogP contribution in [0.2, 0.25) is 0 Å². The second-order valence-corrected chi connectivity index (χ2v) is 4.81. The topological polar surface area (TPSA) is 39.1 Å². The number of hydrogen-bond acceptors (Lipinski definition) is 3. The summed E-state index contributed by atoms with van der Waals surface area (Å²) in [4.78, 5) is 0. The van der Waals surface area contributed by atoms with Crippen molar-refractivity contribution >= 4 is 0 Å². The van der Waals surface area contributed by atoms with E-state index in [1.807, 2.05) is 11.7 Å². The molecule has 0 aliphatic rings. The number of nitrogens with one attached hydrogen (secondary N) is 1. The minimum atomic E-state index is 0.205.